The Morgan fingerprint density at radius 1 is 1.00 bits per heavy atom. The predicted molar refractivity (Wildman–Crippen MR) is 117 cm³/mol. The standard InChI is InChI=1S/C24H19ClN4O/c25-19-8-5-16(6-9-19)23-27-13-11-21(28-23)22-4-2-14-29(22)24(30)18-7-10-20-17(15-18)3-1-12-26-20/h1,3,5-13,15,22H,2,4,14H2. The molecule has 1 saturated heterocycles. The van der Waals surface area contributed by atoms with E-state index in [4.69, 9.17) is 16.6 Å². The average molecular weight is 415 g/mol. The van der Waals surface area contributed by atoms with Gasteiger partial charge in [0.05, 0.1) is 17.3 Å². The molecule has 1 amide bonds. The number of rotatable bonds is 3. The monoisotopic (exact) mass is 414 g/mol. The quantitative estimate of drug-likeness (QED) is 0.455. The summed E-state index contributed by atoms with van der Waals surface area (Å²) >= 11 is 5.99. The summed E-state index contributed by atoms with van der Waals surface area (Å²) in [6, 6.07) is 18.8. The van der Waals surface area contributed by atoms with Crippen LogP contribution in [0.15, 0.2) is 73.1 Å². The molecule has 2 aromatic carbocycles. The van der Waals surface area contributed by atoms with Crippen LogP contribution < -0.4 is 0 Å². The lowest BCUT2D eigenvalue weighted by atomic mass is 10.1. The Hall–Kier alpha value is -3.31. The molecular formula is C24H19ClN4O. The van der Waals surface area contributed by atoms with Crippen molar-refractivity contribution >= 4 is 28.4 Å². The number of halogens is 1. The number of hydrogen-bond donors (Lipinski definition) is 0. The van der Waals surface area contributed by atoms with Gasteiger partial charge in [-0.05, 0) is 67.4 Å². The Morgan fingerprint density at radius 2 is 1.87 bits per heavy atom. The van der Waals surface area contributed by atoms with Gasteiger partial charge in [0.1, 0.15) is 0 Å². The van der Waals surface area contributed by atoms with Crippen molar-refractivity contribution in [3.05, 3.63) is 89.3 Å². The van der Waals surface area contributed by atoms with Gasteiger partial charge in [-0.25, -0.2) is 9.97 Å². The Kier molecular flexibility index (Phi) is 4.89. The van der Waals surface area contributed by atoms with Gasteiger partial charge >= 0.3 is 0 Å². The van der Waals surface area contributed by atoms with Crippen LogP contribution in [0.1, 0.15) is 34.9 Å². The first kappa shape index (κ1) is 18.7. The summed E-state index contributed by atoms with van der Waals surface area (Å²) in [7, 11) is 0. The number of hydrogen-bond acceptors (Lipinski definition) is 4. The lowest BCUT2D eigenvalue weighted by Gasteiger charge is -2.24. The van der Waals surface area contributed by atoms with Gasteiger partial charge in [0.15, 0.2) is 5.82 Å². The lowest BCUT2D eigenvalue weighted by Crippen LogP contribution is -2.31. The molecule has 2 aromatic heterocycles. The smallest absolute Gasteiger partial charge is 0.254 e. The molecule has 5 nitrogen and oxygen atoms in total. The van der Waals surface area contributed by atoms with Crippen LogP contribution in [0, 0.1) is 0 Å². The van der Waals surface area contributed by atoms with Crippen LogP contribution in [0.2, 0.25) is 5.02 Å². The fourth-order valence-corrected chi connectivity index (χ4v) is 4.11. The molecule has 0 spiro atoms. The maximum Gasteiger partial charge on any atom is 0.254 e. The number of likely N-dealkylation sites (tertiary alicyclic amines) is 1. The second-order valence-corrected chi connectivity index (χ2v) is 7.82. The van der Waals surface area contributed by atoms with Crippen LogP contribution in [0.25, 0.3) is 22.3 Å². The molecule has 4 aromatic rings. The van der Waals surface area contributed by atoms with Crippen molar-refractivity contribution in [1.29, 1.82) is 0 Å². The van der Waals surface area contributed by atoms with E-state index in [1.165, 1.54) is 0 Å². The molecule has 1 unspecified atom stereocenters. The second-order valence-electron chi connectivity index (χ2n) is 7.38. The third-order valence-corrected chi connectivity index (χ3v) is 5.74. The van der Waals surface area contributed by atoms with Gasteiger partial charge in [-0.1, -0.05) is 17.7 Å². The number of nitrogens with zero attached hydrogens (tertiary/aromatic N) is 4. The summed E-state index contributed by atoms with van der Waals surface area (Å²) in [6.07, 6.45) is 5.35. The summed E-state index contributed by atoms with van der Waals surface area (Å²) in [5.74, 6) is 0.662. The predicted octanol–water partition coefficient (Wildman–Crippen LogP) is 5.32. The summed E-state index contributed by atoms with van der Waals surface area (Å²) < 4.78 is 0. The van der Waals surface area contributed by atoms with Gasteiger partial charge in [0, 0.05) is 40.5 Å². The Morgan fingerprint density at radius 3 is 2.73 bits per heavy atom. The number of pyridine rings is 1. The summed E-state index contributed by atoms with van der Waals surface area (Å²) in [6.45, 7) is 0.717. The summed E-state index contributed by atoms with van der Waals surface area (Å²) in [5.41, 5.74) is 3.33. The van der Waals surface area contributed by atoms with Gasteiger partial charge in [-0.3, -0.25) is 9.78 Å². The minimum atomic E-state index is -0.0591. The first-order valence-electron chi connectivity index (χ1n) is 9.94. The Bertz CT molecular complexity index is 1230. The third kappa shape index (κ3) is 3.53. The number of aromatic nitrogens is 3. The SMILES string of the molecule is O=C(c1ccc2ncccc2c1)N1CCCC1c1ccnc(-c2ccc(Cl)cc2)n1. The van der Waals surface area contributed by atoms with E-state index in [9.17, 15) is 4.79 Å². The average Bonchev–Trinajstić information content (AvgIpc) is 3.29. The van der Waals surface area contributed by atoms with Crippen molar-refractivity contribution in [2.24, 2.45) is 0 Å². The number of fused-ring (bicyclic) bond motifs is 1. The van der Waals surface area contributed by atoms with Crippen molar-refractivity contribution in [2.45, 2.75) is 18.9 Å². The molecule has 148 valence electrons. The highest BCUT2D eigenvalue weighted by Crippen LogP contribution is 2.33. The van der Waals surface area contributed by atoms with Gasteiger partial charge in [0.25, 0.3) is 5.91 Å². The molecule has 3 heterocycles. The van der Waals surface area contributed by atoms with Crippen LogP contribution in [0.3, 0.4) is 0 Å². The molecular weight excluding hydrogens is 396 g/mol. The molecule has 6 heteroatoms. The fraction of sp³-hybridized carbons (Fsp3) is 0.167. The molecule has 1 aliphatic heterocycles. The zero-order valence-corrected chi connectivity index (χ0v) is 17.0. The molecule has 1 fully saturated rings. The zero-order chi connectivity index (χ0) is 20.5. The highest BCUT2D eigenvalue weighted by atomic mass is 35.5. The molecule has 5 rings (SSSR count). The van der Waals surface area contributed by atoms with E-state index in [0.717, 1.165) is 41.5 Å². The molecule has 30 heavy (non-hydrogen) atoms. The first-order chi connectivity index (χ1) is 14.7. The Balaban J connectivity index is 1.45. The molecule has 1 atom stereocenters. The van der Waals surface area contributed by atoms with E-state index in [-0.39, 0.29) is 11.9 Å². The first-order valence-corrected chi connectivity index (χ1v) is 10.3. The highest BCUT2D eigenvalue weighted by Gasteiger charge is 2.32. The second kappa shape index (κ2) is 7.84. The van der Waals surface area contributed by atoms with Crippen LogP contribution in [-0.4, -0.2) is 32.3 Å². The topological polar surface area (TPSA) is 59.0 Å². The number of benzene rings is 2. The van der Waals surface area contributed by atoms with E-state index < -0.39 is 0 Å². The largest absolute Gasteiger partial charge is 0.330 e. The van der Waals surface area contributed by atoms with Crippen molar-refractivity contribution in [3.8, 4) is 11.4 Å². The molecule has 0 bridgehead atoms. The van der Waals surface area contributed by atoms with Gasteiger partial charge < -0.3 is 4.90 Å². The number of carbonyl (C=O) groups is 1. The molecule has 0 radical (unpaired) electrons. The number of amides is 1. The van der Waals surface area contributed by atoms with E-state index in [1.54, 1.807) is 12.4 Å². The molecule has 0 aliphatic carbocycles. The molecule has 0 saturated carbocycles. The third-order valence-electron chi connectivity index (χ3n) is 5.48. The van der Waals surface area contributed by atoms with Gasteiger partial charge in [-0.2, -0.15) is 0 Å². The van der Waals surface area contributed by atoms with E-state index in [2.05, 4.69) is 9.97 Å². The molecule has 0 N–H and O–H groups in total. The normalized spacial score (nSPS) is 16.2. The van der Waals surface area contributed by atoms with Crippen molar-refractivity contribution in [3.63, 3.8) is 0 Å². The van der Waals surface area contributed by atoms with E-state index in [0.29, 0.717) is 16.4 Å². The van der Waals surface area contributed by atoms with Crippen LogP contribution in [0.4, 0.5) is 0 Å². The number of carbonyl (C=O) groups excluding carboxylic acids is 1. The van der Waals surface area contributed by atoms with Crippen molar-refractivity contribution in [1.82, 2.24) is 19.9 Å². The van der Waals surface area contributed by atoms with Crippen molar-refractivity contribution < 1.29 is 4.79 Å². The van der Waals surface area contributed by atoms with Crippen LogP contribution in [0.5, 0.6) is 0 Å². The Labute approximate surface area is 179 Å². The minimum absolute atomic E-state index is 0.0231. The van der Waals surface area contributed by atoms with Gasteiger partial charge in [0.2, 0.25) is 0 Å². The fourth-order valence-electron chi connectivity index (χ4n) is 3.99. The maximum absolute atomic E-state index is 13.3. The van der Waals surface area contributed by atoms with E-state index >= 15 is 0 Å². The van der Waals surface area contributed by atoms with Crippen molar-refractivity contribution in [2.75, 3.05) is 6.54 Å². The lowest BCUT2D eigenvalue weighted by molar-refractivity contribution is 0.0733. The van der Waals surface area contributed by atoms with Gasteiger partial charge in [-0.15, -0.1) is 0 Å². The minimum Gasteiger partial charge on any atom is -0.330 e. The summed E-state index contributed by atoms with van der Waals surface area (Å²) in [4.78, 5) is 28.8. The van der Waals surface area contributed by atoms with Crippen LogP contribution in [-0.2, 0) is 0 Å². The highest BCUT2D eigenvalue weighted by molar-refractivity contribution is 6.30. The van der Waals surface area contributed by atoms with E-state index in [1.807, 2.05) is 65.6 Å². The molecule has 1 aliphatic rings. The summed E-state index contributed by atoms with van der Waals surface area (Å²) in [5, 5.41) is 1.64. The van der Waals surface area contributed by atoms with Crippen LogP contribution >= 0.6 is 11.6 Å². The zero-order valence-electron chi connectivity index (χ0n) is 16.2. The maximum atomic E-state index is 13.3.